The van der Waals surface area contributed by atoms with Gasteiger partial charge in [-0.05, 0) is 39.9 Å². The van der Waals surface area contributed by atoms with Crippen molar-refractivity contribution >= 4 is 31.9 Å². The Morgan fingerprint density at radius 1 is 1.38 bits per heavy atom. The van der Waals surface area contributed by atoms with E-state index in [0.29, 0.717) is 12.5 Å². The second-order valence-corrected chi connectivity index (χ2v) is 7.56. The molecule has 5 nitrogen and oxygen atoms in total. The molecular weight excluding hydrogens is 363 g/mol. The number of hydrogen-bond donors (Lipinski definition) is 2. The van der Waals surface area contributed by atoms with Crippen LogP contribution in [0.4, 0.5) is 4.39 Å². The number of benzene rings is 1. The lowest BCUT2D eigenvalue weighted by Gasteiger charge is -2.16. The highest BCUT2D eigenvalue weighted by molar-refractivity contribution is 9.10. The number of carbonyl (C=O) groups excluding carboxylic acids is 1. The summed E-state index contributed by atoms with van der Waals surface area (Å²) in [6, 6.07) is 1.74. The molecule has 0 fully saturated rings. The molecule has 21 heavy (non-hydrogen) atoms. The Kier molecular flexibility index (Phi) is 5.89. The molecule has 0 heterocycles. The van der Waals surface area contributed by atoms with E-state index in [-0.39, 0.29) is 16.0 Å². The molecule has 0 spiro atoms. The number of amides is 1. The molecule has 1 unspecified atom stereocenters. The fourth-order valence-electron chi connectivity index (χ4n) is 1.52. The van der Waals surface area contributed by atoms with Crippen LogP contribution < -0.4 is 10.5 Å². The van der Waals surface area contributed by atoms with Gasteiger partial charge in [-0.3, -0.25) is 4.79 Å². The average Bonchev–Trinajstić information content (AvgIpc) is 2.36. The monoisotopic (exact) mass is 380 g/mol. The highest BCUT2D eigenvalue weighted by Gasteiger charge is 2.21. The number of carbonyl (C=O) groups is 1. The third-order valence-electron chi connectivity index (χ3n) is 3.28. The van der Waals surface area contributed by atoms with E-state index in [9.17, 15) is 17.6 Å². The van der Waals surface area contributed by atoms with Crippen molar-refractivity contribution in [3.8, 4) is 0 Å². The van der Waals surface area contributed by atoms with Crippen LogP contribution >= 0.6 is 15.9 Å². The molecule has 1 amide bonds. The molecule has 0 saturated carbocycles. The first-order valence-electron chi connectivity index (χ1n) is 6.34. The van der Waals surface area contributed by atoms with Crippen molar-refractivity contribution in [3.63, 3.8) is 0 Å². The molecule has 3 N–H and O–H groups in total. The number of nitrogens with one attached hydrogen (secondary N) is 1. The van der Waals surface area contributed by atoms with E-state index < -0.39 is 26.6 Å². The molecule has 0 aromatic heterocycles. The number of hydrogen-bond acceptors (Lipinski definition) is 3. The van der Waals surface area contributed by atoms with Gasteiger partial charge in [0.05, 0.1) is 14.9 Å². The van der Waals surface area contributed by atoms with Gasteiger partial charge in [-0.25, -0.2) is 17.9 Å². The van der Waals surface area contributed by atoms with Crippen molar-refractivity contribution in [1.82, 2.24) is 5.32 Å². The summed E-state index contributed by atoms with van der Waals surface area (Å²) in [5, 5.41) is 7.66. The SMILES string of the molecule is CC(C)C(C)CNC(=O)c1cc(F)cc(S(N)(=O)=O)c1Br. The predicted molar refractivity (Wildman–Crippen MR) is 81.8 cm³/mol. The summed E-state index contributed by atoms with van der Waals surface area (Å²) in [6.45, 7) is 6.42. The molecule has 8 heteroatoms. The summed E-state index contributed by atoms with van der Waals surface area (Å²) < 4.78 is 36.2. The molecule has 0 aliphatic carbocycles. The van der Waals surface area contributed by atoms with E-state index in [2.05, 4.69) is 21.2 Å². The molecule has 0 aliphatic heterocycles. The molecule has 0 aliphatic rings. The topological polar surface area (TPSA) is 89.3 Å². The van der Waals surface area contributed by atoms with E-state index in [4.69, 9.17) is 5.14 Å². The van der Waals surface area contributed by atoms with Crippen molar-refractivity contribution in [3.05, 3.63) is 28.0 Å². The van der Waals surface area contributed by atoms with Gasteiger partial charge in [0.2, 0.25) is 10.0 Å². The van der Waals surface area contributed by atoms with E-state index in [1.807, 2.05) is 20.8 Å². The van der Waals surface area contributed by atoms with Crippen LogP contribution in [0.5, 0.6) is 0 Å². The minimum absolute atomic E-state index is 0.0406. The molecular formula is C13H18BrFN2O3S. The highest BCUT2D eigenvalue weighted by Crippen LogP contribution is 2.26. The third kappa shape index (κ3) is 4.76. The van der Waals surface area contributed by atoms with E-state index in [0.717, 1.165) is 12.1 Å². The number of rotatable bonds is 5. The molecule has 0 radical (unpaired) electrons. The molecule has 1 aromatic rings. The molecule has 0 bridgehead atoms. The fraction of sp³-hybridized carbons (Fsp3) is 0.462. The van der Waals surface area contributed by atoms with Gasteiger partial charge in [-0.1, -0.05) is 20.8 Å². The highest BCUT2D eigenvalue weighted by atomic mass is 79.9. The van der Waals surface area contributed by atoms with Crippen LogP contribution in [0.3, 0.4) is 0 Å². The Hall–Kier alpha value is -0.990. The van der Waals surface area contributed by atoms with Crippen LogP contribution in [0.15, 0.2) is 21.5 Å². The standard InChI is InChI=1S/C13H18BrFN2O3S/c1-7(2)8(3)6-17-13(18)10-4-9(15)5-11(12(10)14)21(16,19)20/h4-5,7-8H,6H2,1-3H3,(H,17,18)(H2,16,19,20). The second kappa shape index (κ2) is 6.85. The minimum atomic E-state index is -4.12. The molecule has 1 aromatic carbocycles. The van der Waals surface area contributed by atoms with Crippen LogP contribution in [0.25, 0.3) is 0 Å². The lowest BCUT2D eigenvalue weighted by molar-refractivity contribution is 0.0943. The van der Waals surface area contributed by atoms with E-state index in [1.54, 1.807) is 0 Å². The first-order valence-corrected chi connectivity index (χ1v) is 8.68. The summed E-state index contributed by atoms with van der Waals surface area (Å²) >= 11 is 3.00. The first-order chi connectivity index (χ1) is 9.54. The van der Waals surface area contributed by atoms with Crippen LogP contribution in [0, 0.1) is 17.7 Å². The van der Waals surface area contributed by atoms with Crippen molar-refractivity contribution < 1.29 is 17.6 Å². The lowest BCUT2D eigenvalue weighted by Crippen LogP contribution is -2.30. The maximum Gasteiger partial charge on any atom is 0.252 e. The Bertz CT molecular complexity index is 647. The minimum Gasteiger partial charge on any atom is -0.352 e. The zero-order valence-corrected chi connectivity index (χ0v) is 14.4. The summed E-state index contributed by atoms with van der Waals surface area (Å²) in [7, 11) is -4.12. The maximum absolute atomic E-state index is 13.5. The van der Waals surface area contributed by atoms with Gasteiger partial charge >= 0.3 is 0 Å². The summed E-state index contributed by atoms with van der Waals surface area (Å²) in [4.78, 5) is 11.6. The van der Waals surface area contributed by atoms with Crippen molar-refractivity contribution in [2.24, 2.45) is 17.0 Å². The van der Waals surface area contributed by atoms with Crippen molar-refractivity contribution in [1.29, 1.82) is 0 Å². The Morgan fingerprint density at radius 2 is 1.95 bits per heavy atom. The van der Waals surface area contributed by atoms with Crippen molar-refractivity contribution in [2.45, 2.75) is 25.7 Å². The zero-order valence-electron chi connectivity index (χ0n) is 12.0. The largest absolute Gasteiger partial charge is 0.352 e. The molecule has 0 saturated heterocycles. The number of halogens is 2. The summed E-state index contributed by atoms with van der Waals surface area (Å²) in [5.74, 6) is -0.789. The average molecular weight is 381 g/mol. The van der Waals surface area contributed by atoms with E-state index >= 15 is 0 Å². The summed E-state index contributed by atoms with van der Waals surface area (Å²) in [6.07, 6.45) is 0. The molecule has 1 rings (SSSR count). The normalized spacial score (nSPS) is 13.3. The van der Waals surface area contributed by atoms with Gasteiger partial charge in [0.1, 0.15) is 5.82 Å². The number of primary sulfonamides is 1. The van der Waals surface area contributed by atoms with Crippen LogP contribution in [-0.4, -0.2) is 20.9 Å². The number of sulfonamides is 1. The van der Waals surface area contributed by atoms with Gasteiger partial charge in [0, 0.05) is 6.54 Å². The van der Waals surface area contributed by atoms with E-state index in [1.165, 1.54) is 0 Å². The molecule has 1 atom stereocenters. The van der Waals surface area contributed by atoms with Gasteiger partial charge in [0.25, 0.3) is 5.91 Å². The van der Waals surface area contributed by atoms with Crippen molar-refractivity contribution in [2.75, 3.05) is 6.54 Å². The number of nitrogens with two attached hydrogens (primary N) is 1. The quantitative estimate of drug-likeness (QED) is 0.820. The van der Waals surface area contributed by atoms with Crippen LogP contribution in [0.2, 0.25) is 0 Å². The first kappa shape index (κ1) is 18.1. The van der Waals surface area contributed by atoms with Gasteiger partial charge < -0.3 is 5.32 Å². The fourth-order valence-corrected chi connectivity index (χ4v) is 3.24. The summed E-state index contributed by atoms with van der Waals surface area (Å²) in [5.41, 5.74) is -0.102. The molecule has 118 valence electrons. The van der Waals surface area contributed by atoms with Crippen LogP contribution in [-0.2, 0) is 10.0 Å². The Labute approximate surface area is 132 Å². The smallest absolute Gasteiger partial charge is 0.252 e. The van der Waals surface area contributed by atoms with Gasteiger partial charge in [-0.15, -0.1) is 0 Å². The third-order valence-corrected chi connectivity index (χ3v) is 5.33. The van der Waals surface area contributed by atoms with Crippen LogP contribution in [0.1, 0.15) is 31.1 Å². The lowest BCUT2D eigenvalue weighted by atomic mass is 9.98. The Morgan fingerprint density at radius 3 is 2.43 bits per heavy atom. The second-order valence-electron chi connectivity index (χ2n) is 5.24. The van der Waals surface area contributed by atoms with Gasteiger partial charge in [0.15, 0.2) is 0 Å². The predicted octanol–water partition coefficient (Wildman–Crippen LogP) is 2.26. The zero-order chi connectivity index (χ0) is 16.4. The van der Waals surface area contributed by atoms with Gasteiger partial charge in [-0.2, -0.15) is 0 Å². The maximum atomic E-state index is 13.5. The Balaban J connectivity index is 3.08.